The SMILES string of the molecule is CCOC1CC(NCCc2ncno2)C1(C)C. The highest BCUT2D eigenvalue weighted by atomic mass is 16.5. The molecule has 5 nitrogen and oxygen atoms in total. The monoisotopic (exact) mass is 239 g/mol. The molecule has 0 saturated heterocycles. The third kappa shape index (κ3) is 2.66. The van der Waals surface area contributed by atoms with E-state index in [2.05, 4.69) is 29.3 Å². The van der Waals surface area contributed by atoms with Crippen LogP contribution >= 0.6 is 0 Å². The number of aromatic nitrogens is 2. The molecule has 0 bridgehead atoms. The van der Waals surface area contributed by atoms with Crippen molar-refractivity contribution in [3.8, 4) is 0 Å². The summed E-state index contributed by atoms with van der Waals surface area (Å²) in [5, 5.41) is 7.11. The Morgan fingerprint density at radius 1 is 1.59 bits per heavy atom. The predicted octanol–water partition coefficient (Wildman–Crippen LogP) is 1.41. The fourth-order valence-electron chi connectivity index (χ4n) is 2.38. The lowest BCUT2D eigenvalue weighted by Crippen LogP contribution is -2.61. The van der Waals surface area contributed by atoms with E-state index in [9.17, 15) is 0 Å². The normalized spacial score (nSPS) is 26.8. The number of hydrogen-bond donors (Lipinski definition) is 1. The molecule has 1 fully saturated rings. The zero-order chi connectivity index (χ0) is 12.3. The van der Waals surface area contributed by atoms with Crippen LogP contribution in [0.4, 0.5) is 0 Å². The number of rotatable bonds is 6. The summed E-state index contributed by atoms with van der Waals surface area (Å²) in [5.74, 6) is 0.691. The van der Waals surface area contributed by atoms with Crippen LogP contribution < -0.4 is 5.32 Å². The molecule has 2 unspecified atom stereocenters. The van der Waals surface area contributed by atoms with Crippen LogP contribution in [0.2, 0.25) is 0 Å². The van der Waals surface area contributed by atoms with Gasteiger partial charge in [-0.3, -0.25) is 0 Å². The number of nitrogens with one attached hydrogen (secondary N) is 1. The summed E-state index contributed by atoms with van der Waals surface area (Å²) in [6.07, 6.45) is 3.69. The Morgan fingerprint density at radius 3 is 3.00 bits per heavy atom. The molecule has 1 aliphatic rings. The molecule has 1 saturated carbocycles. The summed E-state index contributed by atoms with van der Waals surface area (Å²) in [7, 11) is 0. The zero-order valence-corrected chi connectivity index (χ0v) is 10.8. The molecule has 1 aliphatic carbocycles. The first-order valence-corrected chi connectivity index (χ1v) is 6.25. The van der Waals surface area contributed by atoms with Gasteiger partial charge < -0.3 is 14.6 Å². The molecule has 0 amide bonds. The van der Waals surface area contributed by atoms with E-state index in [0.717, 1.165) is 26.0 Å². The van der Waals surface area contributed by atoms with Crippen molar-refractivity contribution in [1.82, 2.24) is 15.5 Å². The Hall–Kier alpha value is -0.940. The third-order valence-electron chi connectivity index (χ3n) is 3.68. The van der Waals surface area contributed by atoms with Gasteiger partial charge in [-0.2, -0.15) is 4.98 Å². The molecular weight excluding hydrogens is 218 g/mol. The minimum absolute atomic E-state index is 0.213. The van der Waals surface area contributed by atoms with E-state index >= 15 is 0 Å². The Bertz CT molecular complexity index is 338. The Balaban J connectivity index is 1.71. The Morgan fingerprint density at radius 2 is 2.41 bits per heavy atom. The molecule has 0 radical (unpaired) electrons. The van der Waals surface area contributed by atoms with Crippen LogP contribution in [-0.4, -0.2) is 35.4 Å². The average molecular weight is 239 g/mol. The average Bonchev–Trinajstić information content (AvgIpc) is 2.80. The second-order valence-electron chi connectivity index (χ2n) is 5.09. The van der Waals surface area contributed by atoms with Crippen LogP contribution in [0.3, 0.4) is 0 Å². The highest BCUT2D eigenvalue weighted by Gasteiger charge is 2.48. The summed E-state index contributed by atoms with van der Waals surface area (Å²) in [4.78, 5) is 4.00. The first-order chi connectivity index (χ1) is 8.14. The number of hydrogen-bond acceptors (Lipinski definition) is 5. The quantitative estimate of drug-likeness (QED) is 0.813. The molecule has 1 aromatic heterocycles. The highest BCUT2D eigenvalue weighted by molar-refractivity contribution is 5.02. The highest BCUT2D eigenvalue weighted by Crippen LogP contribution is 2.42. The molecule has 96 valence electrons. The Kier molecular flexibility index (Phi) is 3.79. The molecule has 1 N–H and O–H groups in total. The van der Waals surface area contributed by atoms with Crippen molar-refractivity contribution in [2.45, 2.75) is 45.8 Å². The second kappa shape index (κ2) is 5.14. The lowest BCUT2D eigenvalue weighted by molar-refractivity contribution is -0.113. The van der Waals surface area contributed by atoms with Crippen molar-refractivity contribution < 1.29 is 9.26 Å². The van der Waals surface area contributed by atoms with E-state index in [-0.39, 0.29) is 5.41 Å². The van der Waals surface area contributed by atoms with E-state index in [1.165, 1.54) is 6.33 Å². The van der Waals surface area contributed by atoms with Crippen molar-refractivity contribution in [3.05, 3.63) is 12.2 Å². The van der Waals surface area contributed by atoms with Gasteiger partial charge in [0.1, 0.15) is 0 Å². The van der Waals surface area contributed by atoms with Crippen LogP contribution in [0.1, 0.15) is 33.1 Å². The maximum absolute atomic E-state index is 5.69. The van der Waals surface area contributed by atoms with Crippen LogP contribution in [0, 0.1) is 5.41 Å². The second-order valence-corrected chi connectivity index (χ2v) is 5.09. The van der Waals surface area contributed by atoms with E-state index in [0.29, 0.717) is 18.0 Å². The molecule has 17 heavy (non-hydrogen) atoms. The van der Waals surface area contributed by atoms with Gasteiger partial charge in [0, 0.05) is 31.0 Å². The topological polar surface area (TPSA) is 60.2 Å². The van der Waals surface area contributed by atoms with Gasteiger partial charge in [0.05, 0.1) is 6.10 Å². The fraction of sp³-hybridized carbons (Fsp3) is 0.833. The molecule has 2 rings (SSSR count). The third-order valence-corrected chi connectivity index (χ3v) is 3.68. The van der Waals surface area contributed by atoms with Crippen molar-refractivity contribution in [2.75, 3.05) is 13.2 Å². The van der Waals surface area contributed by atoms with Crippen molar-refractivity contribution in [2.24, 2.45) is 5.41 Å². The first kappa shape index (κ1) is 12.5. The van der Waals surface area contributed by atoms with Crippen LogP contribution in [0.5, 0.6) is 0 Å². The molecule has 1 aromatic rings. The zero-order valence-electron chi connectivity index (χ0n) is 10.8. The maximum atomic E-state index is 5.69. The van der Waals surface area contributed by atoms with Crippen molar-refractivity contribution in [1.29, 1.82) is 0 Å². The first-order valence-electron chi connectivity index (χ1n) is 6.25. The minimum atomic E-state index is 0.213. The molecule has 5 heteroatoms. The van der Waals surface area contributed by atoms with Gasteiger partial charge >= 0.3 is 0 Å². The molecule has 2 atom stereocenters. The Labute approximate surface area is 102 Å². The summed E-state index contributed by atoms with van der Waals surface area (Å²) < 4.78 is 10.6. The van der Waals surface area contributed by atoms with E-state index in [1.807, 2.05) is 6.92 Å². The minimum Gasteiger partial charge on any atom is -0.378 e. The van der Waals surface area contributed by atoms with Gasteiger partial charge in [0.2, 0.25) is 5.89 Å². The van der Waals surface area contributed by atoms with Crippen LogP contribution in [-0.2, 0) is 11.2 Å². The van der Waals surface area contributed by atoms with Crippen molar-refractivity contribution in [3.63, 3.8) is 0 Å². The largest absolute Gasteiger partial charge is 0.378 e. The summed E-state index contributed by atoms with van der Waals surface area (Å²) in [6.45, 7) is 8.22. The number of nitrogens with zero attached hydrogens (tertiary/aromatic N) is 2. The standard InChI is InChI=1S/C12H21N3O2/c1-4-16-10-7-9(12(10,2)3)13-6-5-11-14-8-15-17-11/h8-10,13H,4-7H2,1-3H3. The maximum Gasteiger partial charge on any atom is 0.227 e. The van der Waals surface area contributed by atoms with Gasteiger partial charge in [-0.1, -0.05) is 19.0 Å². The fourth-order valence-corrected chi connectivity index (χ4v) is 2.38. The van der Waals surface area contributed by atoms with Gasteiger partial charge in [-0.25, -0.2) is 0 Å². The van der Waals surface area contributed by atoms with Crippen LogP contribution in [0.15, 0.2) is 10.9 Å². The van der Waals surface area contributed by atoms with E-state index in [4.69, 9.17) is 9.26 Å². The summed E-state index contributed by atoms with van der Waals surface area (Å²) in [6, 6.07) is 0.516. The summed E-state index contributed by atoms with van der Waals surface area (Å²) >= 11 is 0. The van der Waals surface area contributed by atoms with Gasteiger partial charge in [-0.05, 0) is 13.3 Å². The molecule has 0 aromatic carbocycles. The van der Waals surface area contributed by atoms with Crippen molar-refractivity contribution >= 4 is 0 Å². The van der Waals surface area contributed by atoms with Crippen LogP contribution in [0.25, 0.3) is 0 Å². The number of ether oxygens (including phenoxy) is 1. The lowest BCUT2D eigenvalue weighted by atomic mass is 9.64. The summed E-state index contributed by atoms with van der Waals surface area (Å²) in [5.41, 5.74) is 0.213. The molecule has 1 heterocycles. The molecular formula is C12H21N3O2. The van der Waals surface area contributed by atoms with Gasteiger partial charge in [-0.15, -0.1) is 0 Å². The lowest BCUT2D eigenvalue weighted by Gasteiger charge is -2.52. The van der Waals surface area contributed by atoms with Gasteiger partial charge in [0.25, 0.3) is 0 Å². The van der Waals surface area contributed by atoms with E-state index in [1.54, 1.807) is 0 Å². The van der Waals surface area contributed by atoms with Gasteiger partial charge in [0.15, 0.2) is 6.33 Å². The predicted molar refractivity (Wildman–Crippen MR) is 63.6 cm³/mol. The molecule has 0 aliphatic heterocycles. The smallest absolute Gasteiger partial charge is 0.227 e. The molecule has 0 spiro atoms. The van der Waals surface area contributed by atoms with E-state index < -0.39 is 0 Å².